The van der Waals surface area contributed by atoms with Crippen LogP contribution in [0.15, 0.2) is 97.2 Å². The van der Waals surface area contributed by atoms with Gasteiger partial charge in [0.15, 0.2) is 0 Å². The SMILES string of the molecule is Nc1ccc(Cn2cc(-c3ccc(Cl)cc3Cl)nc2/C=C/c2ccc(-c3cccc(OCCCC(F)(F)F)c3)cc2)cc1. The van der Waals surface area contributed by atoms with E-state index in [-0.39, 0.29) is 13.0 Å². The Morgan fingerprint density at radius 1 is 0.860 bits per heavy atom. The highest BCUT2D eigenvalue weighted by Gasteiger charge is 2.26. The average Bonchev–Trinajstić information content (AvgIpc) is 3.37. The van der Waals surface area contributed by atoms with Crippen molar-refractivity contribution in [2.45, 2.75) is 25.6 Å². The Bertz CT molecular complexity index is 1710. The van der Waals surface area contributed by atoms with Gasteiger partial charge in [0.1, 0.15) is 11.6 Å². The summed E-state index contributed by atoms with van der Waals surface area (Å²) in [5.41, 5.74) is 12.0. The standard InChI is InChI=1S/C34H28Cl2F3N3O/c35-27-12-15-30(31(36)20-27)32-22-42(21-24-7-13-28(40)14-8-24)33(41-32)16-9-23-5-10-25(11-6-23)26-3-1-4-29(19-26)43-18-2-17-34(37,38)39/h1,3-16,19-20,22H,2,17-18,21,40H2/b16-9+. The molecule has 1 aromatic heterocycles. The monoisotopic (exact) mass is 621 g/mol. The molecular formula is C34H28Cl2F3N3O. The number of imidazole rings is 1. The normalized spacial score (nSPS) is 11.7. The molecular weight excluding hydrogens is 594 g/mol. The third kappa shape index (κ3) is 8.43. The number of nitrogens with zero attached hydrogens (tertiary/aromatic N) is 2. The van der Waals surface area contributed by atoms with E-state index in [1.807, 2.05) is 91.1 Å². The highest BCUT2D eigenvalue weighted by molar-refractivity contribution is 6.36. The molecule has 0 aliphatic rings. The summed E-state index contributed by atoms with van der Waals surface area (Å²) in [6.45, 7) is 0.596. The van der Waals surface area contributed by atoms with E-state index in [2.05, 4.69) is 4.57 Å². The molecule has 0 bridgehead atoms. The van der Waals surface area contributed by atoms with E-state index in [0.717, 1.165) is 39.3 Å². The Balaban J connectivity index is 1.34. The molecule has 0 fully saturated rings. The maximum atomic E-state index is 12.4. The van der Waals surface area contributed by atoms with Gasteiger partial charge in [-0.1, -0.05) is 77.8 Å². The minimum atomic E-state index is -4.18. The molecule has 4 aromatic carbocycles. The largest absolute Gasteiger partial charge is 0.494 e. The quantitative estimate of drug-likeness (QED) is 0.125. The van der Waals surface area contributed by atoms with E-state index in [1.54, 1.807) is 18.2 Å². The van der Waals surface area contributed by atoms with Gasteiger partial charge in [-0.05, 0) is 77.2 Å². The predicted molar refractivity (Wildman–Crippen MR) is 169 cm³/mol. The summed E-state index contributed by atoms with van der Waals surface area (Å²) in [5, 5.41) is 1.07. The van der Waals surface area contributed by atoms with Gasteiger partial charge in [0.25, 0.3) is 0 Å². The number of rotatable bonds is 10. The number of hydrogen-bond acceptors (Lipinski definition) is 3. The Morgan fingerprint density at radius 2 is 1.63 bits per heavy atom. The first-order valence-electron chi connectivity index (χ1n) is 13.6. The minimum absolute atomic E-state index is 0.00667. The van der Waals surface area contributed by atoms with Crippen LogP contribution in [0.5, 0.6) is 5.75 Å². The van der Waals surface area contributed by atoms with E-state index >= 15 is 0 Å². The summed E-state index contributed by atoms with van der Waals surface area (Å²) in [5.74, 6) is 1.28. The number of ether oxygens (including phenoxy) is 1. The number of hydrogen-bond donors (Lipinski definition) is 1. The van der Waals surface area contributed by atoms with Crippen molar-refractivity contribution in [3.63, 3.8) is 0 Å². The van der Waals surface area contributed by atoms with E-state index in [9.17, 15) is 13.2 Å². The summed E-state index contributed by atoms with van der Waals surface area (Å²) in [6.07, 6.45) is 0.783. The highest BCUT2D eigenvalue weighted by atomic mass is 35.5. The average molecular weight is 623 g/mol. The van der Waals surface area contributed by atoms with E-state index < -0.39 is 12.6 Å². The van der Waals surface area contributed by atoms with Crippen molar-refractivity contribution in [3.8, 4) is 28.1 Å². The molecule has 4 nitrogen and oxygen atoms in total. The molecule has 0 saturated carbocycles. The first kappa shape index (κ1) is 30.3. The van der Waals surface area contributed by atoms with Crippen LogP contribution in [0.25, 0.3) is 34.5 Å². The van der Waals surface area contributed by atoms with Crippen molar-refractivity contribution in [1.82, 2.24) is 9.55 Å². The summed E-state index contributed by atoms with van der Waals surface area (Å²) in [7, 11) is 0. The van der Waals surface area contributed by atoms with Crippen LogP contribution in [0.4, 0.5) is 18.9 Å². The number of aromatic nitrogens is 2. The van der Waals surface area contributed by atoms with Crippen LogP contribution in [0.2, 0.25) is 10.0 Å². The van der Waals surface area contributed by atoms with Crippen LogP contribution in [0.3, 0.4) is 0 Å². The second-order valence-corrected chi connectivity index (χ2v) is 10.9. The van der Waals surface area contributed by atoms with Crippen molar-refractivity contribution in [2.75, 3.05) is 12.3 Å². The van der Waals surface area contributed by atoms with Gasteiger partial charge < -0.3 is 15.0 Å². The third-order valence-corrected chi connectivity index (χ3v) is 7.27. The first-order valence-corrected chi connectivity index (χ1v) is 14.3. The third-order valence-electron chi connectivity index (χ3n) is 6.72. The molecule has 43 heavy (non-hydrogen) atoms. The van der Waals surface area contributed by atoms with Crippen LogP contribution < -0.4 is 10.5 Å². The van der Waals surface area contributed by atoms with E-state index in [0.29, 0.717) is 28.0 Å². The maximum absolute atomic E-state index is 12.4. The molecule has 0 aliphatic heterocycles. The van der Waals surface area contributed by atoms with Crippen molar-refractivity contribution in [3.05, 3.63) is 124 Å². The lowest BCUT2D eigenvalue weighted by Crippen LogP contribution is -2.09. The molecule has 5 rings (SSSR count). The Labute approximate surface area is 258 Å². The summed E-state index contributed by atoms with van der Waals surface area (Å²) in [6, 6.07) is 28.4. The number of nitrogens with two attached hydrogens (primary N) is 1. The molecule has 1 heterocycles. The van der Waals surface area contributed by atoms with E-state index in [1.165, 1.54) is 0 Å². The second-order valence-electron chi connectivity index (χ2n) is 10.0. The number of anilines is 1. The van der Waals surface area contributed by atoms with Crippen LogP contribution >= 0.6 is 23.2 Å². The fraction of sp³-hybridized carbons (Fsp3) is 0.147. The predicted octanol–water partition coefficient (Wildman–Crippen LogP) is 10.0. The zero-order valence-electron chi connectivity index (χ0n) is 23.0. The molecule has 5 aromatic rings. The zero-order chi connectivity index (χ0) is 30.4. The summed E-state index contributed by atoms with van der Waals surface area (Å²) >= 11 is 12.6. The number of halogens is 5. The Morgan fingerprint density at radius 3 is 2.35 bits per heavy atom. The summed E-state index contributed by atoms with van der Waals surface area (Å²) in [4.78, 5) is 4.87. The molecule has 0 amide bonds. The second kappa shape index (κ2) is 13.4. The topological polar surface area (TPSA) is 53.1 Å². The molecule has 9 heteroatoms. The van der Waals surface area contributed by atoms with Gasteiger partial charge >= 0.3 is 6.18 Å². The fourth-order valence-electron chi connectivity index (χ4n) is 4.52. The Kier molecular flexibility index (Phi) is 9.43. The lowest BCUT2D eigenvalue weighted by atomic mass is 10.0. The van der Waals surface area contributed by atoms with Gasteiger partial charge in [-0.25, -0.2) is 4.98 Å². The van der Waals surface area contributed by atoms with Crippen LogP contribution in [-0.4, -0.2) is 22.3 Å². The van der Waals surface area contributed by atoms with Crippen LogP contribution in [0, 0.1) is 0 Å². The molecule has 0 spiro atoms. The van der Waals surface area contributed by atoms with Gasteiger partial charge in [-0.2, -0.15) is 13.2 Å². The zero-order valence-corrected chi connectivity index (χ0v) is 24.5. The van der Waals surface area contributed by atoms with Crippen LogP contribution in [0.1, 0.15) is 29.8 Å². The van der Waals surface area contributed by atoms with Gasteiger partial charge in [-0.3, -0.25) is 0 Å². The van der Waals surface area contributed by atoms with Crippen LogP contribution in [-0.2, 0) is 6.54 Å². The molecule has 0 saturated heterocycles. The lowest BCUT2D eigenvalue weighted by Gasteiger charge is -2.10. The van der Waals surface area contributed by atoms with Gasteiger partial charge in [-0.15, -0.1) is 0 Å². The number of nitrogen functional groups attached to an aromatic ring is 1. The van der Waals surface area contributed by atoms with Crippen molar-refractivity contribution in [1.29, 1.82) is 0 Å². The van der Waals surface area contributed by atoms with Gasteiger partial charge in [0, 0.05) is 35.4 Å². The first-order chi connectivity index (χ1) is 20.6. The highest BCUT2D eigenvalue weighted by Crippen LogP contribution is 2.31. The molecule has 220 valence electrons. The van der Waals surface area contributed by atoms with Crippen molar-refractivity contribution in [2.24, 2.45) is 0 Å². The minimum Gasteiger partial charge on any atom is -0.494 e. The summed E-state index contributed by atoms with van der Waals surface area (Å²) < 4.78 is 44.8. The molecule has 0 unspecified atom stereocenters. The van der Waals surface area contributed by atoms with Gasteiger partial charge in [0.2, 0.25) is 0 Å². The number of alkyl halides is 3. The van der Waals surface area contributed by atoms with Crippen molar-refractivity contribution >= 4 is 41.0 Å². The Hall–Kier alpha value is -4.20. The number of benzene rings is 4. The fourth-order valence-corrected chi connectivity index (χ4v) is 5.03. The molecule has 0 atom stereocenters. The molecule has 0 aliphatic carbocycles. The smallest absolute Gasteiger partial charge is 0.389 e. The molecule has 0 radical (unpaired) electrons. The van der Waals surface area contributed by atoms with Crippen molar-refractivity contribution < 1.29 is 17.9 Å². The maximum Gasteiger partial charge on any atom is 0.389 e. The van der Waals surface area contributed by atoms with E-state index in [4.69, 9.17) is 38.7 Å². The molecule has 2 N–H and O–H groups in total. The lowest BCUT2D eigenvalue weighted by molar-refractivity contribution is -0.136. The van der Waals surface area contributed by atoms with Gasteiger partial charge in [0.05, 0.1) is 17.3 Å².